The van der Waals surface area contributed by atoms with Gasteiger partial charge in [-0.25, -0.2) is 0 Å². The van der Waals surface area contributed by atoms with E-state index in [9.17, 15) is 0 Å². The molecule has 0 aromatic heterocycles. The summed E-state index contributed by atoms with van der Waals surface area (Å²) in [6.45, 7) is 10.9. The Balaban J connectivity index is 2.40. The van der Waals surface area contributed by atoms with Gasteiger partial charge in [0.2, 0.25) is 0 Å². The molecule has 52 valence electrons. The second-order valence-corrected chi connectivity index (χ2v) is 4.22. The van der Waals surface area contributed by atoms with Gasteiger partial charge >= 0.3 is 0 Å². The van der Waals surface area contributed by atoms with E-state index in [1.165, 1.54) is 18.4 Å². The second kappa shape index (κ2) is 1.86. The molecule has 0 unspecified atom stereocenters. The highest BCUT2D eigenvalue weighted by Gasteiger charge is 2.31. The van der Waals surface area contributed by atoms with Crippen LogP contribution in [-0.2, 0) is 0 Å². The molecule has 0 atom stereocenters. The summed E-state index contributed by atoms with van der Waals surface area (Å²) in [6.07, 6.45) is 2.53. The predicted molar refractivity (Wildman–Crippen MR) is 41.3 cm³/mol. The van der Waals surface area contributed by atoms with E-state index in [0.29, 0.717) is 5.41 Å². The van der Waals surface area contributed by atoms with Crippen molar-refractivity contribution in [1.82, 2.24) is 0 Å². The van der Waals surface area contributed by atoms with Crippen LogP contribution < -0.4 is 0 Å². The maximum atomic E-state index is 3.92. The molecule has 0 heteroatoms. The molecule has 0 N–H and O–H groups in total. The van der Waals surface area contributed by atoms with E-state index in [4.69, 9.17) is 0 Å². The monoisotopic (exact) mass is 124 g/mol. The fourth-order valence-corrected chi connectivity index (χ4v) is 1.25. The molecule has 0 saturated heterocycles. The first-order valence-electron chi connectivity index (χ1n) is 3.67. The smallest absolute Gasteiger partial charge is 0.0286 e. The summed E-state index contributed by atoms with van der Waals surface area (Å²) in [5, 5.41) is 0. The van der Waals surface area contributed by atoms with Crippen LogP contribution in [-0.4, -0.2) is 0 Å². The zero-order chi connectivity index (χ0) is 7.07. The molecule has 1 rings (SSSR count). The molecule has 0 spiro atoms. The lowest BCUT2D eigenvalue weighted by Crippen LogP contribution is -2.28. The first-order valence-corrected chi connectivity index (χ1v) is 3.67. The maximum Gasteiger partial charge on any atom is -0.0286 e. The third-order valence-corrected chi connectivity index (χ3v) is 2.29. The minimum atomic E-state index is 0.515. The lowest BCUT2D eigenvalue weighted by Gasteiger charge is -2.39. The Hall–Kier alpha value is -0.260. The van der Waals surface area contributed by atoms with Crippen molar-refractivity contribution in [3.05, 3.63) is 12.2 Å². The predicted octanol–water partition coefficient (Wildman–Crippen LogP) is 3.00. The summed E-state index contributed by atoms with van der Waals surface area (Å²) in [5.41, 5.74) is 1.95. The van der Waals surface area contributed by atoms with Crippen LogP contribution in [0.1, 0.15) is 33.6 Å². The molecule has 1 aliphatic rings. The van der Waals surface area contributed by atoms with Crippen molar-refractivity contribution < 1.29 is 0 Å². The minimum Gasteiger partial charge on any atom is -0.0998 e. The van der Waals surface area contributed by atoms with E-state index < -0.39 is 0 Å². The SMILES string of the molecule is C=C1CC(C(C)(C)C)C1. The standard InChI is InChI=1S/C9H16/c1-7-5-8(6-7)9(2,3)4/h8H,1,5-6H2,2-4H3. The van der Waals surface area contributed by atoms with Gasteiger partial charge in [-0.15, -0.1) is 0 Å². The lowest BCUT2D eigenvalue weighted by atomic mass is 9.66. The van der Waals surface area contributed by atoms with Crippen LogP contribution in [0.5, 0.6) is 0 Å². The fraction of sp³-hybridized carbons (Fsp3) is 0.778. The molecule has 0 aromatic rings. The van der Waals surface area contributed by atoms with Gasteiger partial charge in [0.05, 0.1) is 0 Å². The molecule has 0 amide bonds. The highest BCUT2D eigenvalue weighted by molar-refractivity contribution is 5.10. The van der Waals surface area contributed by atoms with Crippen molar-refractivity contribution in [3.63, 3.8) is 0 Å². The van der Waals surface area contributed by atoms with E-state index in [0.717, 1.165) is 5.92 Å². The van der Waals surface area contributed by atoms with Gasteiger partial charge in [0.1, 0.15) is 0 Å². The first-order chi connectivity index (χ1) is 4.00. The van der Waals surface area contributed by atoms with E-state index in [-0.39, 0.29) is 0 Å². The van der Waals surface area contributed by atoms with Gasteiger partial charge in [-0.3, -0.25) is 0 Å². The quantitative estimate of drug-likeness (QED) is 0.435. The summed E-state index contributed by atoms with van der Waals surface area (Å²) in [6, 6.07) is 0. The van der Waals surface area contributed by atoms with Crippen LogP contribution in [0.15, 0.2) is 12.2 Å². The van der Waals surface area contributed by atoms with Crippen molar-refractivity contribution in [2.75, 3.05) is 0 Å². The number of hydrogen-bond acceptors (Lipinski definition) is 0. The first kappa shape index (κ1) is 6.85. The summed E-state index contributed by atoms with van der Waals surface area (Å²) < 4.78 is 0. The maximum absolute atomic E-state index is 3.92. The molecule has 1 saturated carbocycles. The largest absolute Gasteiger partial charge is 0.0998 e. The highest BCUT2D eigenvalue weighted by Crippen LogP contribution is 2.43. The van der Waals surface area contributed by atoms with Gasteiger partial charge in [0.25, 0.3) is 0 Å². The molecule has 0 aliphatic heterocycles. The average molecular weight is 124 g/mol. The molecule has 1 fully saturated rings. The molecule has 0 radical (unpaired) electrons. The van der Waals surface area contributed by atoms with Gasteiger partial charge in [0, 0.05) is 0 Å². The van der Waals surface area contributed by atoms with Gasteiger partial charge < -0.3 is 0 Å². The number of allylic oxidation sites excluding steroid dienone is 1. The van der Waals surface area contributed by atoms with E-state index in [1.54, 1.807) is 0 Å². The van der Waals surface area contributed by atoms with Crippen molar-refractivity contribution in [1.29, 1.82) is 0 Å². The van der Waals surface area contributed by atoms with Gasteiger partial charge in [-0.05, 0) is 24.2 Å². The van der Waals surface area contributed by atoms with Gasteiger partial charge in [-0.1, -0.05) is 32.9 Å². The van der Waals surface area contributed by atoms with Crippen LogP contribution >= 0.6 is 0 Å². The zero-order valence-electron chi connectivity index (χ0n) is 6.70. The van der Waals surface area contributed by atoms with Crippen molar-refractivity contribution in [2.45, 2.75) is 33.6 Å². The Morgan fingerprint density at radius 2 is 1.78 bits per heavy atom. The molecule has 0 aromatic carbocycles. The zero-order valence-corrected chi connectivity index (χ0v) is 6.70. The fourth-order valence-electron chi connectivity index (χ4n) is 1.25. The van der Waals surface area contributed by atoms with Crippen LogP contribution in [0.4, 0.5) is 0 Å². The molecule has 0 nitrogen and oxygen atoms in total. The van der Waals surface area contributed by atoms with Crippen LogP contribution in [0.3, 0.4) is 0 Å². The molecule has 0 heterocycles. The Kier molecular flexibility index (Phi) is 1.42. The summed E-state index contributed by atoms with van der Waals surface area (Å²) >= 11 is 0. The normalized spacial score (nSPS) is 21.9. The van der Waals surface area contributed by atoms with Gasteiger partial charge in [0.15, 0.2) is 0 Å². The third kappa shape index (κ3) is 1.35. The number of hydrogen-bond donors (Lipinski definition) is 0. The van der Waals surface area contributed by atoms with Crippen LogP contribution in [0.2, 0.25) is 0 Å². The summed E-state index contributed by atoms with van der Waals surface area (Å²) in [4.78, 5) is 0. The second-order valence-electron chi connectivity index (χ2n) is 4.22. The molecule has 9 heavy (non-hydrogen) atoms. The van der Waals surface area contributed by atoms with E-state index in [1.807, 2.05) is 0 Å². The van der Waals surface area contributed by atoms with Gasteiger partial charge in [-0.2, -0.15) is 0 Å². The lowest BCUT2D eigenvalue weighted by molar-refractivity contribution is 0.191. The van der Waals surface area contributed by atoms with Crippen molar-refractivity contribution in [2.24, 2.45) is 11.3 Å². The third-order valence-electron chi connectivity index (χ3n) is 2.29. The van der Waals surface area contributed by atoms with Crippen molar-refractivity contribution >= 4 is 0 Å². The Bertz CT molecular complexity index is 117. The highest BCUT2D eigenvalue weighted by atomic mass is 14.4. The summed E-state index contributed by atoms with van der Waals surface area (Å²) in [5.74, 6) is 0.907. The van der Waals surface area contributed by atoms with Crippen LogP contribution in [0, 0.1) is 11.3 Å². The van der Waals surface area contributed by atoms with E-state index in [2.05, 4.69) is 27.4 Å². The Morgan fingerprint density at radius 1 is 1.33 bits per heavy atom. The minimum absolute atomic E-state index is 0.515. The molecular formula is C9H16. The molecule has 1 aliphatic carbocycles. The summed E-state index contributed by atoms with van der Waals surface area (Å²) in [7, 11) is 0. The topological polar surface area (TPSA) is 0 Å². The number of rotatable bonds is 0. The molecule has 0 bridgehead atoms. The van der Waals surface area contributed by atoms with E-state index >= 15 is 0 Å². The van der Waals surface area contributed by atoms with Crippen molar-refractivity contribution in [3.8, 4) is 0 Å². The Morgan fingerprint density at radius 3 is 1.89 bits per heavy atom. The molecular weight excluding hydrogens is 108 g/mol. The average Bonchev–Trinajstić information content (AvgIpc) is 1.55. The van der Waals surface area contributed by atoms with Crippen LogP contribution in [0.25, 0.3) is 0 Å². The Labute approximate surface area is 58.0 Å².